The first-order valence-electron chi connectivity index (χ1n) is 10.7. The largest absolute Gasteiger partial charge is 0.506 e. The molecule has 6 N–H and O–H groups in total. The molecule has 0 atom stereocenters. The first-order chi connectivity index (χ1) is 17.7. The second-order valence-corrected chi connectivity index (χ2v) is 7.55. The third-order valence-electron chi connectivity index (χ3n) is 4.81. The highest BCUT2D eigenvalue weighted by atomic mass is 16.5. The summed E-state index contributed by atoms with van der Waals surface area (Å²) < 4.78 is 12.0. The van der Waals surface area contributed by atoms with Crippen molar-refractivity contribution < 1.29 is 43.4 Å². The number of nitrogens with zero attached hydrogens (tertiary/aromatic N) is 2. The number of benzene rings is 2. The number of imidazole rings is 1. The molecule has 1 aromatic heterocycles. The molecule has 14 nitrogen and oxygen atoms in total. The van der Waals surface area contributed by atoms with Crippen molar-refractivity contribution in [1.29, 1.82) is 0 Å². The highest BCUT2D eigenvalue weighted by molar-refractivity contribution is 5.93. The quantitative estimate of drug-likeness (QED) is 0.195. The fourth-order valence-corrected chi connectivity index (χ4v) is 3.11. The van der Waals surface area contributed by atoms with Gasteiger partial charge in [-0.1, -0.05) is 0 Å². The zero-order valence-corrected chi connectivity index (χ0v) is 19.8. The summed E-state index contributed by atoms with van der Waals surface area (Å²) in [4.78, 5) is 47.3. The topological polar surface area (TPSA) is 184 Å². The molecule has 0 aliphatic heterocycles. The molecule has 3 rings (SSSR count). The van der Waals surface area contributed by atoms with E-state index in [1.165, 1.54) is 50.6 Å². The molecule has 0 saturated carbocycles. The van der Waals surface area contributed by atoms with Crippen LogP contribution < -0.4 is 25.8 Å². The SMILES string of the molecule is COC(=O)Nc1ccc(NC(=O)Cn2cc[n+](CC(=O)Nc3ccc(NC(=O)OC)c(O)c3)c2)cc1O. The molecular weight excluding hydrogens is 488 g/mol. The number of nitrogens with one attached hydrogen (secondary N) is 4. The van der Waals surface area contributed by atoms with E-state index in [0.717, 1.165) is 0 Å². The van der Waals surface area contributed by atoms with Crippen molar-refractivity contribution in [2.45, 2.75) is 13.1 Å². The minimum atomic E-state index is -0.745. The van der Waals surface area contributed by atoms with Crippen LogP contribution >= 0.6 is 0 Å². The lowest BCUT2D eigenvalue weighted by Gasteiger charge is -2.09. The Morgan fingerprint density at radius 3 is 1.81 bits per heavy atom. The Hall–Kier alpha value is -5.27. The minimum absolute atomic E-state index is 0.0694. The molecule has 194 valence electrons. The van der Waals surface area contributed by atoms with E-state index < -0.39 is 24.0 Å². The van der Waals surface area contributed by atoms with E-state index in [0.29, 0.717) is 11.4 Å². The highest BCUT2D eigenvalue weighted by Gasteiger charge is 2.15. The Morgan fingerprint density at radius 1 is 0.811 bits per heavy atom. The number of phenolic OH excluding ortho intramolecular Hbond substituents is 2. The van der Waals surface area contributed by atoms with Crippen LogP contribution in [0.25, 0.3) is 0 Å². The number of aromatic nitrogens is 2. The number of carbonyl (C=O) groups excluding carboxylic acids is 4. The molecule has 0 radical (unpaired) electrons. The molecule has 2 aromatic carbocycles. The second kappa shape index (κ2) is 11.9. The van der Waals surface area contributed by atoms with E-state index in [2.05, 4.69) is 30.7 Å². The molecule has 1 heterocycles. The molecule has 14 heteroatoms. The number of hydrogen-bond donors (Lipinski definition) is 6. The lowest BCUT2D eigenvalue weighted by Crippen LogP contribution is -2.38. The molecule has 0 aliphatic rings. The summed E-state index contributed by atoms with van der Waals surface area (Å²) in [6, 6.07) is 8.37. The van der Waals surface area contributed by atoms with Gasteiger partial charge in [0.2, 0.25) is 6.33 Å². The van der Waals surface area contributed by atoms with Crippen molar-refractivity contribution in [2.75, 3.05) is 35.5 Å². The molecule has 3 aromatic rings. The molecule has 0 bridgehead atoms. The van der Waals surface area contributed by atoms with E-state index in [1.54, 1.807) is 27.9 Å². The molecule has 37 heavy (non-hydrogen) atoms. The van der Waals surface area contributed by atoms with Crippen molar-refractivity contribution in [2.24, 2.45) is 0 Å². The van der Waals surface area contributed by atoms with Crippen LogP contribution in [0.15, 0.2) is 55.1 Å². The van der Waals surface area contributed by atoms with Crippen molar-refractivity contribution >= 4 is 46.8 Å². The summed E-state index contributed by atoms with van der Waals surface area (Å²) >= 11 is 0. The van der Waals surface area contributed by atoms with Gasteiger partial charge in [0.25, 0.3) is 11.8 Å². The zero-order chi connectivity index (χ0) is 26.9. The van der Waals surface area contributed by atoms with Crippen LogP contribution in [0.5, 0.6) is 11.5 Å². The predicted molar refractivity (Wildman–Crippen MR) is 130 cm³/mol. The second-order valence-electron chi connectivity index (χ2n) is 7.55. The van der Waals surface area contributed by atoms with Gasteiger partial charge in [-0.2, -0.15) is 0 Å². The molecule has 0 aliphatic carbocycles. The normalized spacial score (nSPS) is 10.2. The Bertz CT molecular complexity index is 1220. The van der Waals surface area contributed by atoms with Crippen molar-refractivity contribution in [3.8, 4) is 11.5 Å². The summed E-state index contributed by atoms with van der Waals surface area (Å²) in [7, 11) is 2.38. The Balaban J connectivity index is 1.51. The van der Waals surface area contributed by atoms with E-state index >= 15 is 0 Å². The third-order valence-corrected chi connectivity index (χ3v) is 4.81. The van der Waals surface area contributed by atoms with Crippen LogP contribution in [0.4, 0.5) is 32.3 Å². The van der Waals surface area contributed by atoms with Gasteiger partial charge in [0.15, 0.2) is 13.1 Å². The van der Waals surface area contributed by atoms with Crippen molar-refractivity contribution in [3.63, 3.8) is 0 Å². The summed E-state index contributed by atoms with van der Waals surface area (Å²) in [5.41, 5.74) is 0.874. The summed E-state index contributed by atoms with van der Waals surface area (Å²) in [5.74, 6) is -1.29. The van der Waals surface area contributed by atoms with Gasteiger partial charge in [0.1, 0.15) is 23.9 Å². The first-order valence-corrected chi connectivity index (χ1v) is 10.7. The molecule has 0 saturated heterocycles. The van der Waals surface area contributed by atoms with Gasteiger partial charge in [0, 0.05) is 23.5 Å². The van der Waals surface area contributed by atoms with E-state index in [4.69, 9.17) is 0 Å². The van der Waals surface area contributed by atoms with Crippen LogP contribution in [0, 0.1) is 0 Å². The minimum Gasteiger partial charge on any atom is -0.506 e. The van der Waals surface area contributed by atoms with Gasteiger partial charge < -0.3 is 30.3 Å². The number of methoxy groups -OCH3 is 2. The smallest absolute Gasteiger partial charge is 0.411 e. The van der Waals surface area contributed by atoms with Crippen LogP contribution in [0.3, 0.4) is 0 Å². The molecular formula is C23H25N6O8+. The third kappa shape index (κ3) is 7.61. The maximum atomic E-state index is 12.4. The van der Waals surface area contributed by atoms with Gasteiger partial charge in [-0.05, 0) is 24.3 Å². The summed E-state index contributed by atoms with van der Waals surface area (Å²) in [5, 5.41) is 29.9. The number of hydrogen-bond acceptors (Lipinski definition) is 8. The van der Waals surface area contributed by atoms with Gasteiger partial charge >= 0.3 is 12.2 Å². The standard InChI is InChI=1S/C23H24N6O8/c1-36-22(34)26-16-5-3-14(9-18(16)30)24-20(32)11-28-7-8-29(13-28)12-21(33)25-15-4-6-17(19(31)10-15)27-23(35)37-2/h3-10,13H,11-12H2,1-2H3,(H5-,24,25,26,27,30,31,32,33,34,35)/p+1. The lowest BCUT2D eigenvalue weighted by atomic mass is 10.2. The molecule has 4 amide bonds. The van der Waals surface area contributed by atoms with E-state index in [1.807, 2.05) is 0 Å². The Morgan fingerprint density at radius 2 is 1.32 bits per heavy atom. The average Bonchev–Trinajstić information content (AvgIpc) is 3.28. The van der Waals surface area contributed by atoms with Gasteiger partial charge in [-0.25, -0.2) is 18.7 Å². The van der Waals surface area contributed by atoms with E-state index in [9.17, 15) is 29.4 Å². The van der Waals surface area contributed by atoms with Crippen LogP contribution in [-0.4, -0.2) is 53.0 Å². The molecule has 0 fully saturated rings. The number of aromatic hydroxyl groups is 2. The van der Waals surface area contributed by atoms with Crippen LogP contribution in [-0.2, 0) is 32.2 Å². The first kappa shape index (κ1) is 26.3. The van der Waals surface area contributed by atoms with Gasteiger partial charge in [-0.3, -0.25) is 20.2 Å². The number of carbonyl (C=O) groups is 4. The Labute approximate surface area is 210 Å². The average molecular weight is 513 g/mol. The van der Waals surface area contributed by atoms with Gasteiger partial charge in [0.05, 0.1) is 25.6 Å². The predicted octanol–water partition coefficient (Wildman–Crippen LogP) is 1.82. The van der Waals surface area contributed by atoms with Crippen molar-refractivity contribution in [1.82, 2.24) is 4.57 Å². The van der Waals surface area contributed by atoms with Crippen molar-refractivity contribution in [3.05, 3.63) is 55.1 Å². The summed E-state index contributed by atoms with van der Waals surface area (Å²) in [6.45, 7) is -0.139. The van der Waals surface area contributed by atoms with Crippen LogP contribution in [0.1, 0.15) is 0 Å². The van der Waals surface area contributed by atoms with E-state index in [-0.39, 0.29) is 36.0 Å². The molecule has 0 spiro atoms. The number of ether oxygens (including phenoxy) is 2. The lowest BCUT2D eigenvalue weighted by molar-refractivity contribution is -0.683. The number of rotatable bonds is 8. The van der Waals surface area contributed by atoms with Gasteiger partial charge in [-0.15, -0.1) is 0 Å². The zero-order valence-electron chi connectivity index (χ0n) is 19.8. The monoisotopic (exact) mass is 513 g/mol. The number of phenols is 2. The number of amides is 4. The fourth-order valence-electron chi connectivity index (χ4n) is 3.11. The summed E-state index contributed by atoms with van der Waals surface area (Å²) in [6.07, 6.45) is 3.27. The highest BCUT2D eigenvalue weighted by Crippen LogP contribution is 2.27. The molecule has 0 unspecified atom stereocenters. The fraction of sp³-hybridized carbons (Fsp3) is 0.174. The maximum absolute atomic E-state index is 12.4. The van der Waals surface area contributed by atoms with Crippen LogP contribution in [0.2, 0.25) is 0 Å². The maximum Gasteiger partial charge on any atom is 0.411 e. The number of anilines is 4. The Kier molecular flexibility index (Phi) is 8.49.